The molecule has 2 N–H and O–H groups in total. The normalized spacial score (nSPS) is 21.7. The molecular formula is C14H24N6O. The van der Waals surface area contributed by atoms with Crippen LogP contribution in [-0.4, -0.2) is 59.2 Å². The first-order valence-corrected chi connectivity index (χ1v) is 7.76. The van der Waals surface area contributed by atoms with Crippen molar-refractivity contribution in [2.45, 2.75) is 26.3 Å². The van der Waals surface area contributed by atoms with Crippen LogP contribution in [0.25, 0.3) is 0 Å². The number of likely N-dealkylation sites (tertiary alicyclic amines) is 1. The molecule has 7 nitrogen and oxygen atoms in total. The number of hydrogen-bond donors (Lipinski definition) is 1. The molecule has 0 radical (unpaired) electrons. The van der Waals surface area contributed by atoms with Gasteiger partial charge in [-0.2, -0.15) is 15.0 Å². The SMILES string of the molecule is CC1CCN(Cc2nc(N)nc(N3CCOCC3)n2)CC1. The van der Waals surface area contributed by atoms with Crippen molar-refractivity contribution in [3.8, 4) is 0 Å². The minimum Gasteiger partial charge on any atom is -0.378 e. The van der Waals surface area contributed by atoms with E-state index in [-0.39, 0.29) is 0 Å². The van der Waals surface area contributed by atoms with E-state index in [2.05, 4.69) is 31.7 Å². The highest BCUT2D eigenvalue weighted by Crippen LogP contribution is 2.18. The standard InChI is InChI=1S/C14H24N6O/c1-11-2-4-19(5-3-11)10-12-16-13(15)18-14(17-12)20-6-8-21-9-7-20/h11H,2-10H2,1H3,(H2,15,16,17,18). The van der Waals surface area contributed by atoms with Crippen molar-refractivity contribution in [2.75, 3.05) is 50.0 Å². The van der Waals surface area contributed by atoms with E-state index in [9.17, 15) is 0 Å². The highest BCUT2D eigenvalue weighted by atomic mass is 16.5. The van der Waals surface area contributed by atoms with Crippen LogP contribution in [0.4, 0.5) is 11.9 Å². The predicted molar refractivity (Wildman–Crippen MR) is 80.9 cm³/mol. The second-order valence-corrected chi connectivity index (χ2v) is 5.97. The molecule has 2 aliphatic heterocycles. The Bertz CT molecular complexity index is 469. The fourth-order valence-electron chi connectivity index (χ4n) is 2.82. The third kappa shape index (κ3) is 3.79. The second kappa shape index (κ2) is 6.53. The fraction of sp³-hybridized carbons (Fsp3) is 0.786. The maximum atomic E-state index is 5.85. The maximum Gasteiger partial charge on any atom is 0.230 e. The number of morpholine rings is 1. The Morgan fingerprint density at radius 2 is 1.81 bits per heavy atom. The molecule has 0 bridgehead atoms. The minimum absolute atomic E-state index is 0.312. The first-order chi connectivity index (χ1) is 10.2. The van der Waals surface area contributed by atoms with Crippen molar-refractivity contribution < 1.29 is 4.74 Å². The molecule has 0 spiro atoms. The van der Waals surface area contributed by atoms with Gasteiger partial charge in [-0.15, -0.1) is 0 Å². The summed E-state index contributed by atoms with van der Waals surface area (Å²) in [5.74, 6) is 2.60. The highest BCUT2D eigenvalue weighted by molar-refractivity contribution is 5.35. The second-order valence-electron chi connectivity index (χ2n) is 5.97. The number of piperidine rings is 1. The first-order valence-electron chi connectivity index (χ1n) is 7.76. The molecule has 21 heavy (non-hydrogen) atoms. The van der Waals surface area contributed by atoms with Crippen molar-refractivity contribution in [2.24, 2.45) is 5.92 Å². The summed E-state index contributed by atoms with van der Waals surface area (Å²) in [7, 11) is 0. The molecule has 7 heteroatoms. The summed E-state index contributed by atoms with van der Waals surface area (Å²) >= 11 is 0. The van der Waals surface area contributed by atoms with Gasteiger partial charge in [0.25, 0.3) is 0 Å². The molecule has 0 aliphatic carbocycles. The van der Waals surface area contributed by atoms with Gasteiger partial charge in [-0.3, -0.25) is 4.90 Å². The largest absolute Gasteiger partial charge is 0.378 e. The number of hydrogen-bond acceptors (Lipinski definition) is 7. The van der Waals surface area contributed by atoms with Crippen LogP contribution in [0, 0.1) is 5.92 Å². The zero-order valence-electron chi connectivity index (χ0n) is 12.7. The van der Waals surface area contributed by atoms with Crippen molar-refractivity contribution in [1.82, 2.24) is 19.9 Å². The Labute approximate surface area is 125 Å². The molecule has 1 aromatic rings. The number of rotatable bonds is 3. The fourth-order valence-corrected chi connectivity index (χ4v) is 2.82. The molecule has 2 fully saturated rings. The number of aromatic nitrogens is 3. The highest BCUT2D eigenvalue weighted by Gasteiger charge is 2.19. The molecule has 2 aliphatic rings. The number of nitrogens with zero attached hydrogens (tertiary/aromatic N) is 5. The van der Waals surface area contributed by atoms with E-state index in [0.717, 1.165) is 44.5 Å². The zero-order chi connectivity index (χ0) is 14.7. The summed E-state index contributed by atoms with van der Waals surface area (Å²) < 4.78 is 5.36. The summed E-state index contributed by atoms with van der Waals surface area (Å²) in [6, 6.07) is 0. The summed E-state index contributed by atoms with van der Waals surface area (Å²) in [6.07, 6.45) is 2.49. The van der Waals surface area contributed by atoms with Crippen molar-refractivity contribution in [3.05, 3.63) is 5.82 Å². The lowest BCUT2D eigenvalue weighted by Gasteiger charge is -2.30. The van der Waals surface area contributed by atoms with E-state index in [1.165, 1.54) is 12.8 Å². The Morgan fingerprint density at radius 1 is 1.10 bits per heavy atom. The lowest BCUT2D eigenvalue weighted by atomic mass is 9.99. The van der Waals surface area contributed by atoms with Gasteiger partial charge in [0, 0.05) is 13.1 Å². The van der Waals surface area contributed by atoms with E-state index in [1.54, 1.807) is 0 Å². The summed E-state index contributed by atoms with van der Waals surface area (Å²) in [5, 5.41) is 0. The van der Waals surface area contributed by atoms with Crippen molar-refractivity contribution in [1.29, 1.82) is 0 Å². The van der Waals surface area contributed by atoms with Gasteiger partial charge in [-0.1, -0.05) is 6.92 Å². The topological polar surface area (TPSA) is 80.4 Å². The van der Waals surface area contributed by atoms with Gasteiger partial charge in [0.05, 0.1) is 19.8 Å². The molecule has 0 saturated carbocycles. The number of nitrogens with two attached hydrogens (primary N) is 1. The lowest BCUT2D eigenvalue weighted by Crippen LogP contribution is -2.38. The Balaban J connectivity index is 1.68. The van der Waals surface area contributed by atoms with Crippen LogP contribution >= 0.6 is 0 Å². The van der Waals surface area contributed by atoms with Crippen LogP contribution in [0.15, 0.2) is 0 Å². The lowest BCUT2D eigenvalue weighted by molar-refractivity contribution is 0.122. The van der Waals surface area contributed by atoms with Gasteiger partial charge in [-0.25, -0.2) is 0 Å². The minimum atomic E-state index is 0.312. The van der Waals surface area contributed by atoms with Gasteiger partial charge in [0.2, 0.25) is 11.9 Å². The van der Waals surface area contributed by atoms with E-state index < -0.39 is 0 Å². The molecule has 3 rings (SSSR count). The third-order valence-corrected chi connectivity index (χ3v) is 4.22. The summed E-state index contributed by atoms with van der Waals surface area (Å²) in [4.78, 5) is 17.7. The third-order valence-electron chi connectivity index (χ3n) is 4.22. The molecule has 0 atom stereocenters. The van der Waals surface area contributed by atoms with E-state index in [0.29, 0.717) is 25.1 Å². The van der Waals surface area contributed by atoms with Gasteiger partial charge < -0.3 is 15.4 Å². The van der Waals surface area contributed by atoms with E-state index in [4.69, 9.17) is 10.5 Å². The maximum absolute atomic E-state index is 5.85. The quantitative estimate of drug-likeness (QED) is 0.870. The smallest absolute Gasteiger partial charge is 0.230 e. The van der Waals surface area contributed by atoms with Gasteiger partial charge in [0.15, 0.2) is 0 Å². The van der Waals surface area contributed by atoms with E-state index >= 15 is 0 Å². The molecular weight excluding hydrogens is 268 g/mol. The van der Waals surface area contributed by atoms with Crippen LogP contribution in [0.2, 0.25) is 0 Å². The Hall–Kier alpha value is -1.47. The van der Waals surface area contributed by atoms with Crippen LogP contribution in [0.5, 0.6) is 0 Å². The number of anilines is 2. The average Bonchev–Trinajstić information content (AvgIpc) is 2.50. The molecule has 0 amide bonds. The Kier molecular flexibility index (Phi) is 4.50. The van der Waals surface area contributed by atoms with Crippen LogP contribution in [0.1, 0.15) is 25.6 Å². The van der Waals surface area contributed by atoms with Crippen molar-refractivity contribution in [3.63, 3.8) is 0 Å². The number of ether oxygens (including phenoxy) is 1. The van der Waals surface area contributed by atoms with E-state index in [1.807, 2.05) is 0 Å². The van der Waals surface area contributed by atoms with Crippen LogP contribution in [-0.2, 0) is 11.3 Å². The zero-order valence-corrected chi connectivity index (χ0v) is 12.7. The van der Waals surface area contributed by atoms with Crippen LogP contribution in [0.3, 0.4) is 0 Å². The molecule has 116 valence electrons. The summed E-state index contributed by atoms with van der Waals surface area (Å²) in [5.41, 5.74) is 5.85. The van der Waals surface area contributed by atoms with Crippen molar-refractivity contribution >= 4 is 11.9 Å². The molecule has 3 heterocycles. The summed E-state index contributed by atoms with van der Waals surface area (Å²) in [6.45, 7) is 8.34. The Morgan fingerprint density at radius 3 is 2.52 bits per heavy atom. The molecule has 0 unspecified atom stereocenters. The van der Waals surface area contributed by atoms with Crippen LogP contribution < -0.4 is 10.6 Å². The molecule has 1 aromatic heterocycles. The predicted octanol–water partition coefficient (Wildman–Crippen LogP) is 0.522. The number of nitrogen functional groups attached to an aromatic ring is 1. The van der Waals surface area contributed by atoms with Gasteiger partial charge in [-0.05, 0) is 31.8 Å². The van der Waals surface area contributed by atoms with Gasteiger partial charge >= 0.3 is 0 Å². The van der Waals surface area contributed by atoms with Gasteiger partial charge in [0.1, 0.15) is 5.82 Å². The first kappa shape index (κ1) is 14.5. The molecule has 2 saturated heterocycles. The average molecular weight is 292 g/mol. The molecule has 0 aromatic carbocycles. The monoisotopic (exact) mass is 292 g/mol.